The van der Waals surface area contributed by atoms with E-state index in [2.05, 4.69) is 77.4 Å². The predicted octanol–water partition coefficient (Wildman–Crippen LogP) is 5.55. The average Bonchev–Trinajstić information content (AvgIpc) is 3.28. The molecule has 1 unspecified atom stereocenters. The van der Waals surface area contributed by atoms with Crippen LogP contribution in [0.2, 0.25) is 0 Å². The molecule has 3 saturated heterocycles. The highest BCUT2D eigenvalue weighted by molar-refractivity contribution is 4.84. The first-order chi connectivity index (χ1) is 12.3. The molecule has 3 aliphatic heterocycles. The summed E-state index contributed by atoms with van der Waals surface area (Å²) in [5, 5.41) is 3.50. The molecule has 3 aliphatic rings. The Bertz CT molecular complexity index is 318. The first-order valence-electron chi connectivity index (χ1n) is 11.6. The van der Waals surface area contributed by atoms with Gasteiger partial charge in [-0.3, -0.25) is 9.80 Å². The molecular formula is C24H51N3. The van der Waals surface area contributed by atoms with E-state index in [-0.39, 0.29) is 0 Å². The van der Waals surface area contributed by atoms with Crippen LogP contribution in [0.1, 0.15) is 101 Å². The number of hydrogen-bond donors (Lipinski definition) is 1. The zero-order valence-electron chi connectivity index (χ0n) is 20.2. The number of nitrogens with zero attached hydrogens (tertiary/aromatic N) is 2. The Hall–Kier alpha value is -0.120. The fraction of sp³-hybridized carbons (Fsp3) is 1.00. The standard InChI is InChI=1S/3C8H17N/c2*1-8(2,3)9-6-4-5-7-9;1-8(2,3)7-5-4-6-9-7/h2*4-7H2,1-3H3;7,9H,4-6H2,1-3H3. The summed E-state index contributed by atoms with van der Waals surface area (Å²) in [5.41, 5.74) is 1.30. The van der Waals surface area contributed by atoms with Crippen molar-refractivity contribution in [1.29, 1.82) is 0 Å². The SMILES string of the molecule is CC(C)(C)C1CCCN1.CC(C)(C)N1CCCC1.CC(C)(C)N1CCCC1. The second-order valence-corrected chi connectivity index (χ2v) is 11.7. The minimum atomic E-state index is 0.413. The van der Waals surface area contributed by atoms with E-state index >= 15 is 0 Å². The highest BCUT2D eigenvalue weighted by Crippen LogP contribution is 2.25. The smallest absolute Gasteiger partial charge is 0.0125 e. The summed E-state index contributed by atoms with van der Waals surface area (Å²) in [6.45, 7) is 27.1. The lowest BCUT2D eigenvalue weighted by molar-refractivity contribution is 0.175. The topological polar surface area (TPSA) is 18.5 Å². The van der Waals surface area contributed by atoms with Crippen molar-refractivity contribution < 1.29 is 0 Å². The maximum Gasteiger partial charge on any atom is 0.0125 e. The lowest BCUT2D eigenvalue weighted by Gasteiger charge is -2.31. The van der Waals surface area contributed by atoms with E-state index in [1.54, 1.807) is 0 Å². The Morgan fingerprint density at radius 3 is 1.11 bits per heavy atom. The van der Waals surface area contributed by atoms with Crippen LogP contribution in [0.4, 0.5) is 0 Å². The molecule has 1 N–H and O–H groups in total. The van der Waals surface area contributed by atoms with Crippen LogP contribution in [0.15, 0.2) is 0 Å². The van der Waals surface area contributed by atoms with Crippen molar-refractivity contribution in [2.45, 2.75) is 118 Å². The van der Waals surface area contributed by atoms with Gasteiger partial charge in [-0.2, -0.15) is 0 Å². The van der Waals surface area contributed by atoms with Gasteiger partial charge in [0.2, 0.25) is 0 Å². The molecule has 162 valence electrons. The maximum absolute atomic E-state index is 3.50. The van der Waals surface area contributed by atoms with Crippen molar-refractivity contribution in [1.82, 2.24) is 15.1 Å². The molecule has 0 bridgehead atoms. The quantitative estimate of drug-likeness (QED) is 0.594. The first-order valence-corrected chi connectivity index (χ1v) is 11.6. The molecular weight excluding hydrogens is 330 g/mol. The molecule has 0 aromatic heterocycles. The van der Waals surface area contributed by atoms with Gasteiger partial charge in [0.15, 0.2) is 0 Å². The van der Waals surface area contributed by atoms with Gasteiger partial charge < -0.3 is 5.32 Å². The van der Waals surface area contributed by atoms with Crippen molar-refractivity contribution in [2.75, 3.05) is 32.7 Å². The third kappa shape index (κ3) is 9.76. The summed E-state index contributed by atoms with van der Waals surface area (Å²) in [6, 6.07) is 0.762. The molecule has 0 spiro atoms. The Morgan fingerprint density at radius 2 is 0.963 bits per heavy atom. The maximum atomic E-state index is 3.50. The fourth-order valence-corrected chi connectivity index (χ4v) is 4.20. The summed E-state index contributed by atoms with van der Waals surface area (Å²) >= 11 is 0. The van der Waals surface area contributed by atoms with E-state index in [0.29, 0.717) is 16.5 Å². The third-order valence-electron chi connectivity index (χ3n) is 6.22. The molecule has 3 rings (SSSR count). The average molecular weight is 382 g/mol. The number of likely N-dealkylation sites (tertiary alicyclic amines) is 2. The summed E-state index contributed by atoms with van der Waals surface area (Å²) < 4.78 is 0. The largest absolute Gasteiger partial charge is 0.313 e. The summed E-state index contributed by atoms with van der Waals surface area (Å²) in [6.07, 6.45) is 8.33. The van der Waals surface area contributed by atoms with E-state index in [1.165, 1.54) is 71.2 Å². The third-order valence-corrected chi connectivity index (χ3v) is 6.22. The predicted molar refractivity (Wildman–Crippen MR) is 122 cm³/mol. The van der Waals surface area contributed by atoms with Gasteiger partial charge in [0, 0.05) is 17.1 Å². The minimum absolute atomic E-state index is 0.413. The molecule has 1 atom stereocenters. The fourth-order valence-electron chi connectivity index (χ4n) is 4.20. The van der Waals surface area contributed by atoms with E-state index in [9.17, 15) is 0 Å². The highest BCUT2D eigenvalue weighted by Gasteiger charge is 2.26. The highest BCUT2D eigenvalue weighted by atomic mass is 15.2. The van der Waals surface area contributed by atoms with E-state index < -0.39 is 0 Å². The van der Waals surface area contributed by atoms with Crippen LogP contribution in [-0.4, -0.2) is 59.6 Å². The zero-order chi connectivity index (χ0) is 20.7. The van der Waals surface area contributed by atoms with Crippen LogP contribution in [0, 0.1) is 5.41 Å². The molecule has 0 aromatic carbocycles. The molecule has 3 heteroatoms. The van der Waals surface area contributed by atoms with Gasteiger partial charge in [-0.15, -0.1) is 0 Å². The van der Waals surface area contributed by atoms with Crippen molar-refractivity contribution in [2.24, 2.45) is 5.41 Å². The van der Waals surface area contributed by atoms with Gasteiger partial charge in [-0.25, -0.2) is 0 Å². The molecule has 3 nitrogen and oxygen atoms in total. The Kier molecular flexibility index (Phi) is 9.78. The second-order valence-electron chi connectivity index (χ2n) is 11.7. The van der Waals surface area contributed by atoms with Gasteiger partial charge in [0.05, 0.1) is 0 Å². The van der Waals surface area contributed by atoms with Crippen LogP contribution < -0.4 is 5.32 Å². The van der Waals surface area contributed by atoms with E-state index in [4.69, 9.17) is 0 Å². The number of hydrogen-bond acceptors (Lipinski definition) is 3. The first kappa shape index (κ1) is 24.9. The summed E-state index contributed by atoms with van der Waals surface area (Å²) in [7, 11) is 0. The molecule has 0 saturated carbocycles. The molecule has 0 aliphatic carbocycles. The molecule has 3 fully saturated rings. The lowest BCUT2D eigenvalue weighted by atomic mass is 9.86. The van der Waals surface area contributed by atoms with Crippen molar-refractivity contribution in [3.8, 4) is 0 Å². The molecule has 0 amide bonds. The summed E-state index contributed by atoms with van der Waals surface area (Å²) in [4.78, 5) is 5.10. The number of nitrogens with one attached hydrogen (secondary N) is 1. The van der Waals surface area contributed by atoms with Crippen molar-refractivity contribution in [3.63, 3.8) is 0 Å². The van der Waals surface area contributed by atoms with Gasteiger partial charge in [-0.1, -0.05) is 20.8 Å². The van der Waals surface area contributed by atoms with Gasteiger partial charge in [0.25, 0.3) is 0 Å². The molecule has 0 radical (unpaired) electrons. The van der Waals surface area contributed by atoms with Crippen molar-refractivity contribution in [3.05, 3.63) is 0 Å². The van der Waals surface area contributed by atoms with E-state index in [1.807, 2.05) is 0 Å². The van der Waals surface area contributed by atoms with E-state index in [0.717, 1.165) is 6.04 Å². The molecule has 0 aromatic rings. The number of rotatable bonds is 0. The second kappa shape index (κ2) is 10.6. The summed E-state index contributed by atoms with van der Waals surface area (Å²) in [5.74, 6) is 0. The normalized spacial score (nSPS) is 25.0. The monoisotopic (exact) mass is 381 g/mol. The van der Waals surface area contributed by atoms with Crippen LogP contribution >= 0.6 is 0 Å². The van der Waals surface area contributed by atoms with Gasteiger partial charge >= 0.3 is 0 Å². The van der Waals surface area contributed by atoms with Gasteiger partial charge in [-0.05, 0) is 118 Å². The lowest BCUT2D eigenvalue weighted by Crippen LogP contribution is -2.38. The van der Waals surface area contributed by atoms with Crippen molar-refractivity contribution >= 4 is 0 Å². The zero-order valence-corrected chi connectivity index (χ0v) is 20.2. The van der Waals surface area contributed by atoms with Crippen LogP contribution in [0.25, 0.3) is 0 Å². The van der Waals surface area contributed by atoms with Crippen LogP contribution in [0.5, 0.6) is 0 Å². The Balaban J connectivity index is 0.000000202. The molecule has 3 heterocycles. The Morgan fingerprint density at radius 1 is 0.593 bits per heavy atom. The molecule has 27 heavy (non-hydrogen) atoms. The van der Waals surface area contributed by atoms with Crippen LogP contribution in [-0.2, 0) is 0 Å². The van der Waals surface area contributed by atoms with Crippen LogP contribution in [0.3, 0.4) is 0 Å². The minimum Gasteiger partial charge on any atom is -0.313 e. The van der Waals surface area contributed by atoms with Gasteiger partial charge in [0.1, 0.15) is 0 Å². The Labute approximate surface area is 171 Å².